The first-order chi connectivity index (χ1) is 12.0. The fourth-order valence-corrected chi connectivity index (χ4v) is 3.01. The minimum absolute atomic E-state index is 0.118. The molecule has 126 valence electrons. The van der Waals surface area contributed by atoms with E-state index in [1.165, 1.54) is 12.1 Å². The molecule has 0 radical (unpaired) electrons. The van der Waals surface area contributed by atoms with E-state index in [2.05, 4.69) is 25.9 Å². The van der Waals surface area contributed by atoms with Crippen molar-refractivity contribution in [3.63, 3.8) is 0 Å². The molecule has 2 aromatic carbocycles. The van der Waals surface area contributed by atoms with Gasteiger partial charge in [-0.05, 0) is 51.6 Å². The number of pyridine rings is 2. The topological polar surface area (TPSA) is 25.8 Å². The molecule has 0 amide bonds. The maximum absolute atomic E-state index is 13.1. The van der Waals surface area contributed by atoms with Gasteiger partial charge in [-0.1, -0.05) is 23.2 Å². The quantitative estimate of drug-likeness (QED) is 0.299. The van der Waals surface area contributed by atoms with Gasteiger partial charge in [0.1, 0.15) is 11.6 Å². The van der Waals surface area contributed by atoms with Gasteiger partial charge < -0.3 is 0 Å². The summed E-state index contributed by atoms with van der Waals surface area (Å²) < 4.78 is 26.7. The Bertz CT molecular complexity index is 1030. The van der Waals surface area contributed by atoms with E-state index in [1.807, 2.05) is 0 Å². The van der Waals surface area contributed by atoms with Crippen LogP contribution in [0.3, 0.4) is 0 Å². The zero-order chi connectivity index (χ0) is 18.0. The minimum atomic E-state index is -0.416. The predicted octanol–water partition coefficient (Wildman–Crippen LogP) is 6.82. The Kier molecular flexibility index (Phi) is 5.47. The van der Waals surface area contributed by atoms with Gasteiger partial charge in [0.15, 0.2) is 0 Å². The lowest BCUT2D eigenvalue weighted by Gasteiger charge is -2.00. The van der Waals surface area contributed by atoms with Crippen molar-refractivity contribution >= 4 is 60.7 Å². The summed E-state index contributed by atoms with van der Waals surface area (Å²) in [4.78, 5) is 7.86. The summed E-state index contributed by atoms with van der Waals surface area (Å²) in [6.45, 7) is 0. The molecular formula is C18H9BrCl2F2N2. The molecule has 4 rings (SSSR count). The molecule has 0 unspecified atom stereocenters. The van der Waals surface area contributed by atoms with Crippen molar-refractivity contribution in [2.45, 2.75) is 0 Å². The van der Waals surface area contributed by atoms with Crippen LogP contribution < -0.4 is 0 Å². The molecule has 2 aromatic heterocycles. The number of hydrogen-bond donors (Lipinski definition) is 0. The average Bonchev–Trinajstić information content (AvgIpc) is 2.59. The highest BCUT2D eigenvalue weighted by molar-refractivity contribution is 9.10. The number of fused-ring (bicyclic) bond motifs is 2. The molecule has 0 saturated heterocycles. The van der Waals surface area contributed by atoms with Crippen LogP contribution in [0.5, 0.6) is 0 Å². The third kappa shape index (κ3) is 4.06. The summed E-state index contributed by atoms with van der Waals surface area (Å²) in [6, 6.07) is 7.67. The molecule has 0 saturated carbocycles. The van der Waals surface area contributed by atoms with Crippen molar-refractivity contribution in [3.8, 4) is 0 Å². The number of aromatic nitrogens is 2. The highest BCUT2D eigenvalue weighted by Gasteiger charge is 2.04. The number of hydrogen-bond acceptors (Lipinski definition) is 2. The highest BCUT2D eigenvalue weighted by Crippen LogP contribution is 2.27. The zero-order valence-corrected chi connectivity index (χ0v) is 15.6. The maximum atomic E-state index is 13.1. The fraction of sp³-hybridized carbons (Fsp3) is 0. The van der Waals surface area contributed by atoms with Gasteiger partial charge in [0.05, 0.1) is 10.0 Å². The van der Waals surface area contributed by atoms with Crippen molar-refractivity contribution in [2.24, 2.45) is 0 Å². The van der Waals surface area contributed by atoms with E-state index in [4.69, 9.17) is 23.2 Å². The largest absolute Gasteiger partial charge is 0.264 e. The molecule has 0 aliphatic rings. The Morgan fingerprint density at radius 3 is 2.16 bits per heavy atom. The van der Waals surface area contributed by atoms with Gasteiger partial charge in [-0.25, -0.2) is 8.78 Å². The number of nitrogens with zero attached hydrogens (tertiary/aromatic N) is 2. The maximum Gasteiger partial charge on any atom is 0.142 e. The zero-order valence-electron chi connectivity index (χ0n) is 12.5. The van der Waals surface area contributed by atoms with E-state index < -0.39 is 11.6 Å². The van der Waals surface area contributed by atoms with Crippen LogP contribution in [-0.4, -0.2) is 9.97 Å². The Balaban J connectivity index is 0.000000146. The molecule has 2 heterocycles. The van der Waals surface area contributed by atoms with Crippen LogP contribution in [0.25, 0.3) is 21.5 Å². The number of benzene rings is 2. The van der Waals surface area contributed by atoms with Crippen LogP contribution in [-0.2, 0) is 0 Å². The van der Waals surface area contributed by atoms with Crippen LogP contribution in [0.1, 0.15) is 0 Å². The Morgan fingerprint density at radius 1 is 0.760 bits per heavy atom. The normalized spacial score (nSPS) is 10.6. The van der Waals surface area contributed by atoms with Crippen molar-refractivity contribution < 1.29 is 8.78 Å². The molecule has 2 nitrogen and oxygen atoms in total. The summed E-state index contributed by atoms with van der Waals surface area (Å²) in [7, 11) is 0. The van der Waals surface area contributed by atoms with Gasteiger partial charge in [0.2, 0.25) is 0 Å². The van der Waals surface area contributed by atoms with Gasteiger partial charge in [0, 0.05) is 45.4 Å². The average molecular weight is 442 g/mol. The van der Waals surface area contributed by atoms with Crippen molar-refractivity contribution in [1.82, 2.24) is 9.97 Å². The first kappa shape index (κ1) is 18.0. The Labute approximate surface area is 160 Å². The Hall–Kier alpha value is -1.82. The molecule has 0 fully saturated rings. The van der Waals surface area contributed by atoms with Gasteiger partial charge in [-0.15, -0.1) is 0 Å². The monoisotopic (exact) mass is 440 g/mol. The van der Waals surface area contributed by atoms with E-state index in [0.29, 0.717) is 0 Å². The number of halogens is 5. The van der Waals surface area contributed by atoms with Crippen molar-refractivity contribution in [3.05, 3.63) is 81.3 Å². The third-order valence-electron chi connectivity index (χ3n) is 3.43. The lowest BCUT2D eigenvalue weighted by Crippen LogP contribution is -1.82. The summed E-state index contributed by atoms with van der Waals surface area (Å²) in [6.07, 6.45) is 6.54. The lowest BCUT2D eigenvalue weighted by molar-refractivity contribution is 0.629. The molecular weight excluding hydrogens is 433 g/mol. The molecule has 25 heavy (non-hydrogen) atoms. The van der Waals surface area contributed by atoms with E-state index >= 15 is 0 Å². The van der Waals surface area contributed by atoms with Crippen molar-refractivity contribution in [2.75, 3.05) is 0 Å². The van der Waals surface area contributed by atoms with Gasteiger partial charge >= 0.3 is 0 Å². The summed E-state index contributed by atoms with van der Waals surface area (Å²) in [5.74, 6) is -0.809. The molecule has 0 atom stereocenters. The fourth-order valence-electron chi connectivity index (χ4n) is 2.21. The highest BCUT2D eigenvalue weighted by atomic mass is 79.9. The van der Waals surface area contributed by atoms with Gasteiger partial charge in [-0.2, -0.15) is 0 Å². The van der Waals surface area contributed by atoms with Gasteiger partial charge in [0.25, 0.3) is 0 Å². The molecule has 0 aliphatic heterocycles. The summed E-state index contributed by atoms with van der Waals surface area (Å²) >= 11 is 14.5. The standard InChI is InChI=1S/C9H4BrClFN.C9H5ClFN/c10-7-4-13-3-5-1-8(11)9(12)2-6(5)7;10-8-3-7-5-12-2-1-6(7)4-9(8)11/h1-4H;1-5H. The second-order valence-corrected chi connectivity index (χ2v) is 6.77. The van der Waals surface area contributed by atoms with E-state index in [1.54, 1.807) is 43.0 Å². The van der Waals surface area contributed by atoms with Crippen LogP contribution in [0, 0.1) is 11.6 Å². The second kappa shape index (κ2) is 7.60. The summed E-state index contributed by atoms with van der Waals surface area (Å²) in [5, 5.41) is 3.51. The smallest absolute Gasteiger partial charge is 0.142 e. The van der Waals surface area contributed by atoms with Gasteiger partial charge in [-0.3, -0.25) is 9.97 Å². The summed E-state index contributed by atoms with van der Waals surface area (Å²) in [5.41, 5.74) is 0. The van der Waals surface area contributed by atoms with E-state index in [0.717, 1.165) is 26.0 Å². The molecule has 7 heteroatoms. The van der Waals surface area contributed by atoms with E-state index in [-0.39, 0.29) is 10.0 Å². The van der Waals surface area contributed by atoms with Crippen molar-refractivity contribution in [1.29, 1.82) is 0 Å². The minimum Gasteiger partial charge on any atom is -0.264 e. The predicted molar refractivity (Wildman–Crippen MR) is 101 cm³/mol. The molecule has 0 bridgehead atoms. The first-order valence-corrected chi connectivity index (χ1v) is 8.57. The van der Waals surface area contributed by atoms with Crippen LogP contribution in [0.4, 0.5) is 8.78 Å². The molecule has 0 spiro atoms. The van der Waals surface area contributed by atoms with E-state index in [9.17, 15) is 8.78 Å². The van der Waals surface area contributed by atoms with Crippen LogP contribution in [0.15, 0.2) is 59.6 Å². The third-order valence-corrected chi connectivity index (χ3v) is 4.64. The SMILES string of the molecule is Fc1cc2c(Br)cncc2cc1Cl.Fc1cc2ccncc2cc1Cl. The number of rotatable bonds is 0. The van der Waals surface area contributed by atoms with Crippen LogP contribution in [0.2, 0.25) is 10.0 Å². The molecule has 0 aliphatic carbocycles. The van der Waals surface area contributed by atoms with Crippen LogP contribution >= 0.6 is 39.1 Å². The Morgan fingerprint density at radius 2 is 1.40 bits per heavy atom. The molecule has 4 aromatic rings. The first-order valence-electron chi connectivity index (χ1n) is 7.03. The lowest BCUT2D eigenvalue weighted by atomic mass is 10.2. The molecule has 0 N–H and O–H groups in total. The second-order valence-electron chi connectivity index (χ2n) is 5.10.